The van der Waals surface area contributed by atoms with E-state index >= 15 is 0 Å². The van der Waals surface area contributed by atoms with Crippen molar-refractivity contribution in [3.63, 3.8) is 0 Å². The topological polar surface area (TPSA) is 46.2 Å². The summed E-state index contributed by atoms with van der Waals surface area (Å²) in [5, 5.41) is 2.23. The van der Waals surface area contributed by atoms with Gasteiger partial charge in [-0.25, -0.2) is 0 Å². The van der Waals surface area contributed by atoms with Crippen LogP contribution in [-0.2, 0) is 9.59 Å². The third kappa shape index (κ3) is 4.48. The van der Waals surface area contributed by atoms with Crippen LogP contribution in [-0.4, -0.2) is 23.6 Å². The highest BCUT2D eigenvalue weighted by Gasteiger charge is 2.18. The minimum Gasteiger partial charge on any atom is -0.296 e. The molecule has 0 aromatic carbocycles. The summed E-state index contributed by atoms with van der Waals surface area (Å²) in [6, 6.07) is 0. The second-order valence-corrected chi connectivity index (χ2v) is 3.58. The van der Waals surface area contributed by atoms with E-state index in [1.807, 2.05) is 0 Å². The van der Waals surface area contributed by atoms with Crippen LogP contribution in [0.3, 0.4) is 0 Å². The highest BCUT2D eigenvalue weighted by molar-refractivity contribution is 6.20. The molecule has 2 amide bonds. The largest absolute Gasteiger partial charge is 0.296 e. The van der Waals surface area contributed by atoms with Crippen LogP contribution in [0.4, 0.5) is 0 Å². The van der Waals surface area contributed by atoms with Gasteiger partial charge in [-0.1, -0.05) is 13.8 Å². The lowest BCUT2D eigenvalue weighted by Gasteiger charge is -2.10. The SMILES string of the molecule is CC(CCl)C(=O)NC(=O)C(C)CCl. The fourth-order valence-corrected chi connectivity index (χ4v) is 0.788. The highest BCUT2D eigenvalue weighted by Crippen LogP contribution is 2.01. The Morgan fingerprint density at radius 2 is 1.38 bits per heavy atom. The predicted molar refractivity (Wildman–Crippen MR) is 52.9 cm³/mol. The lowest BCUT2D eigenvalue weighted by Crippen LogP contribution is -2.38. The van der Waals surface area contributed by atoms with Crippen molar-refractivity contribution in [3.8, 4) is 0 Å². The third-order valence-electron chi connectivity index (χ3n) is 1.60. The maximum absolute atomic E-state index is 11.1. The first kappa shape index (κ1) is 12.7. The minimum atomic E-state index is -0.354. The van der Waals surface area contributed by atoms with E-state index in [1.54, 1.807) is 13.8 Å². The van der Waals surface area contributed by atoms with Crippen molar-refractivity contribution in [2.75, 3.05) is 11.8 Å². The van der Waals surface area contributed by atoms with Crippen LogP contribution < -0.4 is 5.32 Å². The van der Waals surface area contributed by atoms with E-state index in [-0.39, 0.29) is 35.4 Å². The number of imide groups is 1. The Hall–Kier alpha value is -0.280. The van der Waals surface area contributed by atoms with E-state index in [4.69, 9.17) is 23.2 Å². The molecule has 0 aliphatic rings. The summed E-state index contributed by atoms with van der Waals surface area (Å²) >= 11 is 10.9. The van der Waals surface area contributed by atoms with Crippen molar-refractivity contribution >= 4 is 35.0 Å². The van der Waals surface area contributed by atoms with Crippen molar-refractivity contribution in [2.45, 2.75) is 13.8 Å². The Labute approximate surface area is 87.8 Å². The number of rotatable bonds is 4. The van der Waals surface area contributed by atoms with Gasteiger partial charge in [0.15, 0.2) is 0 Å². The standard InChI is InChI=1S/C8H13Cl2NO2/c1-5(3-9)7(12)11-8(13)6(2)4-10/h5-6H,3-4H2,1-2H3,(H,11,12,13). The van der Waals surface area contributed by atoms with Crippen molar-refractivity contribution in [3.05, 3.63) is 0 Å². The molecule has 13 heavy (non-hydrogen) atoms. The van der Waals surface area contributed by atoms with Gasteiger partial charge < -0.3 is 0 Å². The molecule has 5 heteroatoms. The molecule has 1 N–H and O–H groups in total. The average Bonchev–Trinajstić information content (AvgIpc) is 2.14. The number of halogens is 2. The molecule has 0 aliphatic carbocycles. The van der Waals surface area contributed by atoms with Gasteiger partial charge in [-0.2, -0.15) is 0 Å². The van der Waals surface area contributed by atoms with Gasteiger partial charge in [-0.05, 0) is 0 Å². The molecule has 3 nitrogen and oxygen atoms in total. The summed E-state index contributed by atoms with van der Waals surface area (Å²) in [4.78, 5) is 22.3. The maximum Gasteiger partial charge on any atom is 0.230 e. The predicted octanol–water partition coefficient (Wildman–Crippen LogP) is 1.38. The monoisotopic (exact) mass is 225 g/mol. The Morgan fingerprint density at radius 1 is 1.08 bits per heavy atom. The molecule has 0 radical (unpaired) electrons. The Bertz CT molecular complexity index is 177. The Morgan fingerprint density at radius 3 is 1.62 bits per heavy atom. The maximum atomic E-state index is 11.1. The van der Waals surface area contributed by atoms with Crippen LogP contribution in [0.15, 0.2) is 0 Å². The molecule has 0 saturated carbocycles. The second-order valence-electron chi connectivity index (χ2n) is 2.96. The van der Waals surface area contributed by atoms with Gasteiger partial charge in [-0.15, -0.1) is 23.2 Å². The summed E-state index contributed by atoms with van der Waals surface area (Å²) in [5.74, 6) is -1.00. The lowest BCUT2D eigenvalue weighted by molar-refractivity contribution is -0.133. The van der Waals surface area contributed by atoms with Gasteiger partial charge in [0, 0.05) is 23.6 Å². The normalized spacial score (nSPS) is 14.8. The number of carbonyl (C=O) groups excluding carboxylic acids is 2. The summed E-state index contributed by atoms with van der Waals surface area (Å²) < 4.78 is 0. The lowest BCUT2D eigenvalue weighted by atomic mass is 10.1. The molecular formula is C8H13Cl2NO2. The molecule has 2 unspecified atom stereocenters. The number of amides is 2. The van der Waals surface area contributed by atoms with Gasteiger partial charge in [-0.3, -0.25) is 14.9 Å². The second kappa shape index (κ2) is 6.22. The molecule has 0 aromatic rings. The zero-order valence-corrected chi connectivity index (χ0v) is 9.15. The quantitative estimate of drug-likeness (QED) is 0.736. The fraction of sp³-hybridized carbons (Fsp3) is 0.750. The van der Waals surface area contributed by atoms with Crippen LogP contribution in [0.25, 0.3) is 0 Å². The molecule has 76 valence electrons. The molecular weight excluding hydrogens is 213 g/mol. The Kier molecular flexibility index (Phi) is 6.08. The van der Waals surface area contributed by atoms with Crippen LogP contribution in [0.5, 0.6) is 0 Å². The number of hydrogen-bond acceptors (Lipinski definition) is 2. The van der Waals surface area contributed by atoms with Crippen molar-refractivity contribution in [1.29, 1.82) is 0 Å². The average molecular weight is 226 g/mol. The summed E-state index contributed by atoms with van der Waals surface area (Å²) in [7, 11) is 0. The first-order chi connectivity index (χ1) is 6.02. The van der Waals surface area contributed by atoms with E-state index in [1.165, 1.54) is 0 Å². The van der Waals surface area contributed by atoms with E-state index in [0.29, 0.717) is 0 Å². The molecule has 0 saturated heterocycles. The van der Waals surface area contributed by atoms with Gasteiger partial charge in [0.05, 0.1) is 0 Å². The molecule has 0 rings (SSSR count). The first-order valence-electron chi connectivity index (χ1n) is 3.99. The number of nitrogens with one attached hydrogen (secondary N) is 1. The van der Waals surface area contributed by atoms with Crippen LogP contribution in [0, 0.1) is 11.8 Å². The number of carbonyl (C=O) groups is 2. The van der Waals surface area contributed by atoms with Crippen molar-refractivity contribution in [2.24, 2.45) is 11.8 Å². The zero-order valence-electron chi connectivity index (χ0n) is 7.64. The summed E-state index contributed by atoms with van der Waals surface area (Å²) in [6.07, 6.45) is 0. The molecule has 0 aromatic heterocycles. The molecule has 0 heterocycles. The molecule has 2 atom stereocenters. The molecule has 0 aliphatic heterocycles. The fourth-order valence-electron chi connectivity index (χ4n) is 0.508. The number of hydrogen-bond donors (Lipinski definition) is 1. The molecule has 0 spiro atoms. The summed E-state index contributed by atoms with van der Waals surface area (Å²) in [5.41, 5.74) is 0. The van der Waals surface area contributed by atoms with Gasteiger partial charge in [0.1, 0.15) is 0 Å². The van der Waals surface area contributed by atoms with E-state index in [0.717, 1.165) is 0 Å². The van der Waals surface area contributed by atoms with E-state index in [9.17, 15) is 9.59 Å². The summed E-state index contributed by atoms with van der Waals surface area (Å²) in [6.45, 7) is 3.31. The van der Waals surface area contributed by atoms with E-state index < -0.39 is 0 Å². The van der Waals surface area contributed by atoms with Crippen molar-refractivity contribution in [1.82, 2.24) is 5.32 Å². The smallest absolute Gasteiger partial charge is 0.230 e. The Balaban J connectivity index is 3.99. The van der Waals surface area contributed by atoms with Crippen LogP contribution in [0.1, 0.15) is 13.8 Å². The first-order valence-corrected chi connectivity index (χ1v) is 5.06. The highest BCUT2D eigenvalue weighted by atomic mass is 35.5. The van der Waals surface area contributed by atoms with Crippen LogP contribution >= 0.6 is 23.2 Å². The zero-order chi connectivity index (χ0) is 10.4. The van der Waals surface area contributed by atoms with Crippen molar-refractivity contribution < 1.29 is 9.59 Å². The van der Waals surface area contributed by atoms with E-state index in [2.05, 4.69) is 5.32 Å². The van der Waals surface area contributed by atoms with Gasteiger partial charge in [0.25, 0.3) is 0 Å². The molecule has 0 bridgehead atoms. The minimum absolute atomic E-state index is 0.203. The van der Waals surface area contributed by atoms with Gasteiger partial charge in [0.2, 0.25) is 11.8 Å². The molecule has 0 fully saturated rings. The van der Waals surface area contributed by atoms with Crippen LogP contribution in [0.2, 0.25) is 0 Å². The van der Waals surface area contributed by atoms with Gasteiger partial charge >= 0.3 is 0 Å². The number of alkyl halides is 2. The third-order valence-corrected chi connectivity index (χ3v) is 2.53.